The molecule has 0 saturated carbocycles. The normalized spacial score (nSPS) is 12.2. The molecule has 0 aliphatic carbocycles. The van der Waals surface area contributed by atoms with Crippen molar-refractivity contribution in [1.82, 2.24) is 9.97 Å². The Balaban J connectivity index is 2.09. The number of aromatic nitrogens is 3. The number of anilines is 1. The fourth-order valence-corrected chi connectivity index (χ4v) is 2.56. The summed E-state index contributed by atoms with van der Waals surface area (Å²) in [6, 6.07) is 7.20. The van der Waals surface area contributed by atoms with Gasteiger partial charge in [0.2, 0.25) is 6.20 Å². The third-order valence-corrected chi connectivity index (χ3v) is 3.87. The molecule has 9 heteroatoms. The highest BCUT2D eigenvalue weighted by Gasteiger charge is 2.35. The molecule has 0 unspecified atom stereocenters. The summed E-state index contributed by atoms with van der Waals surface area (Å²) >= 11 is 0. The zero-order valence-electron chi connectivity index (χ0n) is 14.1. The second kappa shape index (κ2) is 7.02. The van der Waals surface area contributed by atoms with Gasteiger partial charge >= 0.3 is 6.18 Å². The van der Waals surface area contributed by atoms with Gasteiger partial charge in [0.1, 0.15) is 11.3 Å². The van der Waals surface area contributed by atoms with Gasteiger partial charge in [-0.15, -0.1) is 0 Å². The van der Waals surface area contributed by atoms with Gasteiger partial charge in [-0.05, 0) is 24.3 Å². The van der Waals surface area contributed by atoms with E-state index >= 15 is 0 Å². The Morgan fingerprint density at radius 2 is 2.00 bits per heavy atom. The lowest BCUT2D eigenvalue weighted by Gasteiger charge is -2.10. The van der Waals surface area contributed by atoms with Crippen LogP contribution in [0.3, 0.4) is 0 Å². The van der Waals surface area contributed by atoms with Crippen molar-refractivity contribution < 1.29 is 23.1 Å². The van der Waals surface area contributed by atoms with Crippen molar-refractivity contribution in [3.05, 3.63) is 71.9 Å². The first-order valence-corrected chi connectivity index (χ1v) is 7.77. The number of hydrogen-bond donors (Lipinski definition) is 2. The number of halogens is 3. The SMILES string of the molecule is C/N=C(\c1cc(-c2cccnc2)ncc1N)c1ccc(C(F)(F)F)c[n+]1O. The number of rotatable bonds is 3. The van der Waals surface area contributed by atoms with Gasteiger partial charge in [-0.1, -0.05) is 0 Å². The number of nitrogen functional groups attached to an aromatic ring is 1. The molecule has 3 heterocycles. The quantitative estimate of drug-likeness (QED) is 0.419. The fraction of sp³-hybridized carbons (Fsp3) is 0.111. The van der Waals surface area contributed by atoms with E-state index in [-0.39, 0.29) is 17.1 Å². The Kier molecular flexibility index (Phi) is 4.76. The first-order valence-electron chi connectivity index (χ1n) is 7.77. The maximum absolute atomic E-state index is 12.8. The van der Waals surface area contributed by atoms with Gasteiger partial charge < -0.3 is 5.73 Å². The van der Waals surface area contributed by atoms with Crippen LogP contribution in [0, 0.1) is 0 Å². The van der Waals surface area contributed by atoms with Gasteiger partial charge in [0.05, 0.1) is 17.6 Å². The topological polar surface area (TPSA) is 88.3 Å². The summed E-state index contributed by atoms with van der Waals surface area (Å²) in [5.74, 6) is 0. The molecule has 6 nitrogen and oxygen atoms in total. The van der Waals surface area contributed by atoms with Gasteiger partial charge in [0.25, 0.3) is 5.69 Å². The molecule has 0 radical (unpaired) electrons. The molecule has 3 aromatic rings. The summed E-state index contributed by atoms with van der Waals surface area (Å²) in [6.07, 6.45) is 0.678. The van der Waals surface area contributed by atoms with E-state index in [1.165, 1.54) is 13.2 Å². The zero-order valence-corrected chi connectivity index (χ0v) is 14.1. The van der Waals surface area contributed by atoms with E-state index in [1.807, 2.05) is 6.07 Å². The van der Waals surface area contributed by atoms with Gasteiger partial charge in [-0.25, -0.2) is 0 Å². The molecule has 0 aromatic carbocycles. The summed E-state index contributed by atoms with van der Waals surface area (Å²) in [6.45, 7) is 0. The zero-order chi connectivity index (χ0) is 19.6. The lowest BCUT2D eigenvalue weighted by atomic mass is 10.0. The second-order valence-electron chi connectivity index (χ2n) is 5.62. The third kappa shape index (κ3) is 3.71. The van der Waals surface area contributed by atoms with Crippen molar-refractivity contribution in [2.75, 3.05) is 12.8 Å². The Bertz CT molecular complexity index is 1000. The predicted molar refractivity (Wildman–Crippen MR) is 92.3 cm³/mol. The van der Waals surface area contributed by atoms with Crippen LogP contribution in [0.2, 0.25) is 0 Å². The fourth-order valence-electron chi connectivity index (χ4n) is 2.56. The molecule has 0 aliphatic rings. The standard InChI is InChI=1S/C18H15F3N5O/c1-23-17(16-5-4-12(10-26(16)27)18(19,20)21)13-7-15(25-9-14(13)22)11-3-2-6-24-8-11/h2-10,27H,22H2,1H3/q+1/b23-17+. The summed E-state index contributed by atoms with van der Waals surface area (Å²) in [5, 5.41) is 10.1. The third-order valence-electron chi connectivity index (χ3n) is 3.87. The number of pyridine rings is 3. The molecule has 0 atom stereocenters. The minimum atomic E-state index is -4.57. The maximum Gasteiger partial charge on any atom is 0.422 e. The van der Waals surface area contributed by atoms with Crippen LogP contribution in [0.25, 0.3) is 11.3 Å². The van der Waals surface area contributed by atoms with Crippen molar-refractivity contribution in [3.63, 3.8) is 0 Å². The molecule has 0 saturated heterocycles. The summed E-state index contributed by atoms with van der Waals surface area (Å²) in [7, 11) is 1.45. The monoisotopic (exact) mass is 374 g/mol. The lowest BCUT2D eigenvalue weighted by Crippen LogP contribution is -2.39. The molecule has 138 valence electrons. The van der Waals surface area contributed by atoms with Crippen LogP contribution in [0.4, 0.5) is 18.9 Å². The maximum atomic E-state index is 12.8. The minimum absolute atomic E-state index is 0.0561. The average Bonchev–Trinajstić information content (AvgIpc) is 2.65. The minimum Gasteiger partial charge on any atom is -0.397 e. The molecule has 3 rings (SSSR count). The Hall–Kier alpha value is -3.49. The largest absolute Gasteiger partial charge is 0.422 e. The van der Waals surface area contributed by atoms with E-state index in [2.05, 4.69) is 15.0 Å². The summed E-state index contributed by atoms with van der Waals surface area (Å²) in [5.41, 5.74) is 7.28. The molecule has 0 bridgehead atoms. The number of nitrogens with zero attached hydrogens (tertiary/aromatic N) is 4. The van der Waals surface area contributed by atoms with Crippen LogP contribution in [-0.4, -0.2) is 27.9 Å². The number of alkyl halides is 3. The van der Waals surface area contributed by atoms with E-state index in [0.29, 0.717) is 22.2 Å². The van der Waals surface area contributed by atoms with Gasteiger partial charge in [0, 0.05) is 41.4 Å². The van der Waals surface area contributed by atoms with Gasteiger partial charge in [0.15, 0.2) is 0 Å². The molecule has 27 heavy (non-hydrogen) atoms. The summed E-state index contributed by atoms with van der Waals surface area (Å²) in [4.78, 5) is 12.4. The van der Waals surface area contributed by atoms with Crippen molar-refractivity contribution in [2.45, 2.75) is 6.18 Å². The Morgan fingerprint density at radius 1 is 1.22 bits per heavy atom. The first kappa shape index (κ1) is 18.3. The molecule has 0 aliphatic heterocycles. The molecular weight excluding hydrogens is 359 g/mol. The molecule has 0 amide bonds. The van der Waals surface area contributed by atoms with Crippen molar-refractivity contribution in [1.29, 1.82) is 0 Å². The van der Waals surface area contributed by atoms with Gasteiger partial charge in [-0.3, -0.25) is 20.2 Å². The highest BCUT2D eigenvalue weighted by molar-refractivity contribution is 6.14. The lowest BCUT2D eigenvalue weighted by molar-refractivity contribution is -0.905. The number of nitrogens with two attached hydrogens (primary N) is 1. The van der Waals surface area contributed by atoms with E-state index in [9.17, 15) is 18.4 Å². The first-order chi connectivity index (χ1) is 12.8. The highest BCUT2D eigenvalue weighted by atomic mass is 19.4. The van der Waals surface area contributed by atoms with E-state index < -0.39 is 11.7 Å². The molecule has 0 fully saturated rings. The van der Waals surface area contributed by atoms with Crippen LogP contribution in [0.15, 0.2) is 60.1 Å². The van der Waals surface area contributed by atoms with Crippen LogP contribution in [-0.2, 0) is 6.18 Å². The van der Waals surface area contributed by atoms with Crippen molar-refractivity contribution in [2.24, 2.45) is 4.99 Å². The molecule has 3 aromatic heterocycles. The van der Waals surface area contributed by atoms with E-state index in [4.69, 9.17) is 5.73 Å². The molecule has 0 spiro atoms. The molecular formula is C18H15F3N5O+. The Morgan fingerprint density at radius 3 is 2.59 bits per heavy atom. The highest BCUT2D eigenvalue weighted by Crippen LogP contribution is 2.28. The van der Waals surface area contributed by atoms with Crippen LogP contribution in [0.5, 0.6) is 0 Å². The van der Waals surface area contributed by atoms with Crippen molar-refractivity contribution >= 4 is 11.4 Å². The Labute approximate surface area is 152 Å². The van der Waals surface area contributed by atoms with Crippen LogP contribution >= 0.6 is 0 Å². The van der Waals surface area contributed by atoms with Crippen LogP contribution < -0.4 is 10.5 Å². The van der Waals surface area contributed by atoms with Gasteiger partial charge in [-0.2, -0.15) is 13.2 Å². The average molecular weight is 374 g/mol. The predicted octanol–water partition coefficient (Wildman–Crippen LogP) is 2.74. The summed E-state index contributed by atoms with van der Waals surface area (Å²) < 4.78 is 38.8. The van der Waals surface area contributed by atoms with E-state index in [0.717, 1.165) is 17.7 Å². The number of hydrogen-bond acceptors (Lipinski definition) is 5. The molecule has 3 N–H and O–H groups in total. The van der Waals surface area contributed by atoms with Crippen LogP contribution in [0.1, 0.15) is 16.8 Å². The number of aliphatic imine (C=N–C) groups is 1. The van der Waals surface area contributed by atoms with E-state index in [1.54, 1.807) is 24.5 Å². The second-order valence-corrected chi connectivity index (χ2v) is 5.62. The van der Waals surface area contributed by atoms with Crippen molar-refractivity contribution in [3.8, 4) is 11.3 Å². The smallest absolute Gasteiger partial charge is 0.397 e.